The fraction of sp³-hybridized carbons (Fsp3) is 0.357. The van der Waals surface area contributed by atoms with Crippen molar-refractivity contribution >= 4 is 23.3 Å². The second-order valence-electron chi connectivity index (χ2n) is 4.28. The highest BCUT2D eigenvalue weighted by atomic mass is 16.5. The first-order valence-corrected chi connectivity index (χ1v) is 6.30. The number of rotatable bonds is 3. The van der Waals surface area contributed by atoms with Crippen LogP contribution in [0.4, 0.5) is 5.69 Å². The van der Waals surface area contributed by atoms with Crippen LogP contribution in [0.3, 0.4) is 0 Å². The minimum atomic E-state index is -0.865. The van der Waals surface area contributed by atoms with Crippen LogP contribution in [0.2, 0.25) is 0 Å². The largest absolute Gasteiger partial charge is 0.461 e. The molecule has 1 heterocycles. The smallest absolute Gasteiger partial charge is 0.362 e. The van der Waals surface area contributed by atoms with Gasteiger partial charge >= 0.3 is 5.97 Å². The van der Waals surface area contributed by atoms with Gasteiger partial charge in [0, 0.05) is 12.2 Å². The number of hydrogen-bond acceptors (Lipinski definition) is 4. The SMILES string of the molecule is CCOC(=O)C(=N)C(=O)N1CCCc2ccccc21. The molecule has 0 unspecified atom stereocenters. The molecule has 1 amide bonds. The summed E-state index contributed by atoms with van der Waals surface area (Å²) in [6.07, 6.45) is 1.74. The quantitative estimate of drug-likeness (QED) is 0.509. The molecule has 0 bridgehead atoms. The van der Waals surface area contributed by atoms with E-state index in [1.54, 1.807) is 6.92 Å². The highest BCUT2D eigenvalue weighted by molar-refractivity contribution is 6.65. The maximum absolute atomic E-state index is 12.2. The highest BCUT2D eigenvalue weighted by Gasteiger charge is 2.29. The zero-order chi connectivity index (χ0) is 13.8. The van der Waals surface area contributed by atoms with Crippen LogP contribution in [0.15, 0.2) is 24.3 Å². The lowest BCUT2D eigenvalue weighted by Gasteiger charge is -2.29. The van der Waals surface area contributed by atoms with Crippen LogP contribution in [-0.2, 0) is 20.7 Å². The second-order valence-corrected chi connectivity index (χ2v) is 4.28. The molecule has 0 atom stereocenters. The van der Waals surface area contributed by atoms with Crippen molar-refractivity contribution in [2.24, 2.45) is 0 Å². The fourth-order valence-corrected chi connectivity index (χ4v) is 2.17. The number of carbonyl (C=O) groups excluding carboxylic acids is 2. The van der Waals surface area contributed by atoms with E-state index in [2.05, 4.69) is 0 Å². The van der Waals surface area contributed by atoms with Gasteiger partial charge in [-0.2, -0.15) is 0 Å². The molecule has 1 aromatic rings. The summed E-state index contributed by atoms with van der Waals surface area (Å²) in [7, 11) is 0. The number of esters is 1. The maximum atomic E-state index is 12.2. The Balaban J connectivity index is 2.22. The Kier molecular flexibility index (Phi) is 3.94. The van der Waals surface area contributed by atoms with Crippen LogP contribution in [-0.4, -0.2) is 30.7 Å². The molecule has 1 aliphatic rings. The van der Waals surface area contributed by atoms with Gasteiger partial charge in [0.25, 0.3) is 5.91 Å². The van der Waals surface area contributed by atoms with Gasteiger partial charge < -0.3 is 9.64 Å². The lowest BCUT2D eigenvalue weighted by Crippen LogP contribution is -2.42. The highest BCUT2D eigenvalue weighted by Crippen LogP contribution is 2.26. The summed E-state index contributed by atoms with van der Waals surface area (Å²) in [5, 5.41) is 7.62. The predicted molar refractivity (Wildman–Crippen MR) is 71.5 cm³/mol. The topological polar surface area (TPSA) is 70.5 Å². The molecule has 0 aromatic heterocycles. The molecule has 1 N–H and O–H groups in total. The van der Waals surface area contributed by atoms with Crippen LogP contribution in [0.1, 0.15) is 18.9 Å². The second kappa shape index (κ2) is 5.65. The number of benzene rings is 1. The third kappa shape index (κ3) is 2.65. The molecule has 100 valence electrons. The van der Waals surface area contributed by atoms with Crippen molar-refractivity contribution in [3.8, 4) is 0 Å². The van der Waals surface area contributed by atoms with Crippen molar-refractivity contribution in [1.29, 1.82) is 5.41 Å². The molecular formula is C14H16N2O3. The van der Waals surface area contributed by atoms with Crippen LogP contribution in [0, 0.1) is 5.41 Å². The average Bonchev–Trinajstić information content (AvgIpc) is 2.45. The average molecular weight is 260 g/mol. The molecular weight excluding hydrogens is 244 g/mol. The number of nitrogens with zero attached hydrogens (tertiary/aromatic N) is 1. The van der Waals surface area contributed by atoms with E-state index >= 15 is 0 Å². The number of hydrogen-bond donors (Lipinski definition) is 1. The van der Waals surface area contributed by atoms with Crippen molar-refractivity contribution in [3.05, 3.63) is 29.8 Å². The molecule has 2 rings (SSSR count). The number of ether oxygens (including phenoxy) is 1. The monoisotopic (exact) mass is 260 g/mol. The van der Waals surface area contributed by atoms with Crippen LogP contribution >= 0.6 is 0 Å². The summed E-state index contributed by atoms with van der Waals surface area (Å²) in [5.74, 6) is -1.46. The first-order chi connectivity index (χ1) is 9.15. The summed E-state index contributed by atoms with van der Waals surface area (Å²) in [6, 6.07) is 7.56. The third-order valence-corrected chi connectivity index (χ3v) is 3.05. The number of carbonyl (C=O) groups is 2. The fourth-order valence-electron chi connectivity index (χ4n) is 2.17. The minimum Gasteiger partial charge on any atom is -0.461 e. The predicted octanol–water partition coefficient (Wildman–Crippen LogP) is 1.55. The zero-order valence-electron chi connectivity index (χ0n) is 10.8. The Morgan fingerprint density at radius 3 is 2.84 bits per heavy atom. The van der Waals surface area contributed by atoms with Gasteiger partial charge in [0.2, 0.25) is 5.71 Å². The molecule has 1 aliphatic heterocycles. The van der Waals surface area contributed by atoms with Crippen molar-refractivity contribution in [1.82, 2.24) is 0 Å². The molecule has 0 fully saturated rings. The third-order valence-electron chi connectivity index (χ3n) is 3.05. The van der Waals surface area contributed by atoms with Crippen molar-refractivity contribution in [3.63, 3.8) is 0 Å². The molecule has 0 aliphatic carbocycles. The number of fused-ring (bicyclic) bond motifs is 1. The Bertz CT molecular complexity index is 525. The van der Waals surface area contributed by atoms with E-state index in [1.165, 1.54) is 4.90 Å². The standard InChI is InChI=1S/C14H16N2O3/c1-2-19-14(18)12(15)13(17)16-9-5-7-10-6-3-4-8-11(10)16/h3-4,6,8,15H,2,5,7,9H2,1H3. The minimum absolute atomic E-state index is 0.158. The van der Waals surface area contributed by atoms with E-state index in [9.17, 15) is 9.59 Å². The van der Waals surface area contributed by atoms with Crippen LogP contribution in [0.25, 0.3) is 0 Å². The summed E-state index contributed by atoms with van der Waals surface area (Å²) in [6.45, 7) is 2.33. The Morgan fingerprint density at radius 1 is 1.37 bits per heavy atom. The van der Waals surface area contributed by atoms with Gasteiger partial charge in [-0.1, -0.05) is 18.2 Å². The van der Waals surface area contributed by atoms with E-state index in [-0.39, 0.29) is 6.61 Å². The maximum Gasteiger partial charge on any atom is 0.362 e. The van der Waals surface area contributed by atoms with Crippen LogP contribution in [0.5, 0.6) is 0 Å². The van der Waals surface area contributed by atoms with Gasteiger partial charge in [0.1, 0.15) is 0 Å². The summed E-state index contributed by atoms with van der Waals surface area (Å²) in [5.41, 5.74) is 1.24. The van der Waals surface area contributed by atoms with Gasteiger partial charge in [-0.05, 0) is 31.4 Å². The number of amides is 1. The molecule has 0 radical (unpaired) electrons. The molecule has 5 heteroatoms. The van der Waals surface area contributed by atoms with Crippen molar-refractivity contribution in [2.45, 2.75) is 19.8 Å². The van der Waals surface area contributed by atoms with Crippen molar-refractivity contribution in [2.75, 3.05) is 18.1 Å². The molecule has 0 spiro atoms. The molecule has 1 aromatic carbocycles. The van der Waals surface area contributed by atoms with E-state index in [0.717, 1.165) is 24.1 Å². The Labute approximate surface area is 111 Å². The molecule has 19 heavy (non-hydrogen) atoms. The summed E-state index contributed by atoms with van der Waals surface area (Å²) in [4.78, 5) is 25.1. The Hall–Kier alpha value is -2.17. The molecule has 0 saturated heterocycles. The van der Waals surface area contributed by atoms with Crippen LogP contribution < -0.4 is 4.90 Å². The number of aryl methyl sites for hydroxylation is 1. The first-order valence-electron chi connectivity index (χ1n) is 6.30. The van der Waals surface area contributed by atoms with Gasteiger partial charge in [0.05, 0.1) is 6.61 Å². The lowest BCUT2D eigenvalue weighted by atomic mass is 10.0. The first kappa shape index (κ1) is 13.3. The van der Waals surface area contributed by atoms with E-state index < -0.39 is 17.6 Å². The number of para-hydroxylation sites is 1. The van der Waals surface area contributed by atoms with Gasteiger partial charge in [-0.15, -0.1) is 0 Å². The lowest BCUT2D eigenvalue weighted by molar-refractivity contribution is -0.135. The zero-order valence-corrected chi connectivity index (χ0v) is 10.8. The summed E-state index contributed by atoms with van der Waals surface area (Å²) < 4.78 is 4.69. The Morgan fingerprint density at radius 2 is 2.11 bits per heavy atom. The normalized spacial score (nSPS) is 13.6. The van der Waals surface area contributed by atoms with E-state index in [1.807, 2.05) is 24.3 Å². The molecule has 5 nitrogen and oxygen atoms in total. The van der Waals surface area contributed by atoms with E-state index in [0.29, 0.717) is 6.54 Å². The van der Waals surface area contributed by atoms with E-state index in [4.69, 9.17) is 10.1 Å². The summed E-state index contributed by atoms with van der Waals surface area (Å²) >= 11 is 0. The molecule has 0 saturated carbocycles. The number of nitrogens with one attached hydrogen (secondary N) is 1. The van der Waals surface area contributed by atoms with Gasteiger partial charge in [0.15, 0.2) is 0 Å². The number of anilines is 1. The van der Waals surface area contributed by atoms with Gasteiger partial charge in [-0.3, -0.25) is 10.2 Å². The van der Waals surface area contributed by atoms with Crippen molar-refractivity contribution < 1.29 is 14.3 Å². The van der Waals surface area contributed by atoms with Gasteiger partial charge in [-0.25, -0.2) is 4.79 Å².